The van der Waals surface area contributed by atoms with E-state index < -0.39 is 4.92 Å². The van der Waals surface area contributed by atoms with Crippen LogP contribution in [-0.2, 0) is 7.05 Å². The molecule has 0 bridgehead atoms. The minimum absolute atomic E-state index is 0.00847. The number of nitrogens with two attached hydrogens (primary N) is 1. The Morgan fingerprint density at radius 3 is 3.00 bits per heavy atom. The molecule has 16 heavy (non-hydrogen) atoms. The molecule has 0 radical (unpaired) electrons. The van der Waals surface area contributed by atoms with Crippen LogP contribution in [0.2, 0.25) is 0 Å². The summed E-state index contributed by atoms with van der Waals surface area (Å²) >= 11 is 0. The zero-order valence-corrected chi connectivity index (χ0v) is 9.17. The topological polar surface area (TPSA) is 90.2 Å². The van der Waals surface area contributed by atoms with Crippen molar-refractivity contribution in [1.29, 1.82) is 0 Å². The zero-order valence-electron chi connectivity index (χ0n) is 9.17. The van der Waals surface area contributed by atoms with Gasteiger partial charge in [-0.1, -0.05) is 0 Å². The number of hydrogen-bond acceptors (Lipinski definition) is 5. The Bertz CT molecular complexity index is 403. The van der Waals surface area contributed by atoms with Crippen LogP contribution in [0.25, 0.3) is 0 Å². The number of piperidine rings is 1. The van der Waals surface area contributed by atoms with Crippen molar-refractivity contribution in [3.63, 3.8) is 0 Å². The van der Waals surface area contributed by atoms with Crippen molar-refractivity contribution < 1.29 is 4.92 Å². The predicted octanol–water partition coefficient (Wildman–Crippen LogP) is 0.256. The summed E-state index contributed by atoms with van der Waals surface area (Å²) in [6.07, 6.45) is 3.29. The Morgan fingerprint density at radius 1 is 1.69 bits per heavy atom. The van der Waals surface area contributed by atoms with Crippen molar-refractivity contribution in [2.24, 2.45) is 12.8 Å². The summed E-state index contributed by atoms with van der Waals surface area (Å²) in [4.78, 5) is 16.3. The van der Waals surface area contributed by atoms with E-state index in [2.05, 4.69) is 4.98 Å². The molecule has 0 amide bonds. The second-order valence-electron chi connectivity index (χ2n) is 4.08. The summed E-state index contributed by atoms with van der Waals surface area (Å²) in [6.45, 7) is 1.57. The van der Waals surface area contributed by atoms with Gasteiger partial charge in [0, 0.05) is 19.1 Å². The van der Waals surface area contributed by atoms with Crippen LogP contribution in [0.5, 0.6) is 0 Å². The molecule has 2 heterocycles. The third-order valence-electron chi connectivity index (χ3n) is 2.87. The number of aromatic nitrogens is 2. The summed E-state index contributed by atoms with van der Waals surface area (Å²) in [7, 11) is 1.65. The van der Waals surface area contributed by atoms with Gasteiger partial charge in [-0.2, -0.15) is 9.55 Å². The molecule has 1 aromatic rings. The molecule has 0 saturated carbocycles. The Kier molecular flexibility index (Phi) is 2.78. The van der Waals surface area contributed by atoms with Crippen molar-refractivity contribution in [3.05, 3.63) is 16.3 Å². The van der Waals surface area contributed by atoms with Crippen LogP contribution >= 0.6 is 0 Å². The maximum absolute atomic E-state index is 10.7. The molecule has 2 N–H and O–H groups in total. The average Bonchev–Trinajstić information content (AvgIpc) is 2.60. The zero-order chi connectivity index (χ0) is 11.7. The number of anilines is 1. The van der Waals surface area contributed by atoms with Gasteiger partial charge >= 0.3 is 5.82 Å². The van der Waals surface area contributed by atoms with E-state index in [1.54, 1.807) is 7.05 Å². The molecule has 1 unspecified atom stereocenters. The predicted molar refractivity (Wildman–Crippen MR) is 59.3 cm³/mol. The Morgan fingerprint density at radius 2 is 2.44 bits per heavy atom. The van der Waals surface area contributed by atoms with E-state index in [1.165, 1.54) is 10.8 Å². The summed E-state index contributed by atoms with van der Waals surface area (Å²) in [5.74, 6) is 0.635. The van der Waals surface area contributed by atoms with Crippen molar-refractivity contribution in [3.8, 4) is 0 Å². The molecule has 88 valence electrons. The second-order valence-corrected chi connectivity index (χ2v) is 4.08. The van der Waals surface area contributed by atoms with E-state index in [0.717, 1.165) is 19.4 Å². The summed E-state index contributed by atoms with van der Waals surface area (Å²) < 4.78 is 1.50. The van der Waals surface area contributed by atoms with Crippen molar-refractivity contribution in [2.75, 3.05) is 18.0 Å². The smallest absolute Gasteiger partial charge is 0.344 e. The third-order valence-corrected chi connectivity index (χ3v) is 2.87. The molecule has 1 aliphatic rings. The third kappa shape index (κ3) is 1.85. The fourth-order valence-corrected chi connectivity index (χ4v) is 2.05. The maximum atomic E-state index is 10.7. The molecule has 7 heteroatoms. The molecule has 1 aliphatic heterocycles. The minimum Gasteiger partial charge on any atom is -0.358 e. The lowest BCUT2D eigenvalue weighted by atomic mass is 10.1. The maximum Gasteiger partial charge on any atom is 0.344 e. The van der Waals surface area contributed by atoms with Gasteiger partial charge in [-0.05, 0) is 17.8 Å². The lowest BCUT2D eigenvalue weighted by Gasteiger charge is -2.29. The first-order valence-corrected chi connectivity index (χ1v) is 5.26. The van der Waals surface area contributed by atoms with Crippen LogP contribution in [-0.4, -0.2) is 33.6 Å². The molecule has 0 aromatic carbocycles. The second kappa shape index (κ2) is 4.09. The molecule has 0 aliphatic carbocycles. The molecule has 1 saturated heterocycles. The molecule has 1 fully saturated rings. The molecule has 1 aromatic heterocycles. The van der Waals surface area contributed by atoms with E-state index >= 15 is 0 Å². The SMILES string of the molecule is Cn1c([N+](=O)[O-])cnc1N1CCCC(N)C1. The number of rotatable bonds is 2. The van der Waals surface area contributed by atoms with Crippen molar-refractivity contribution >= 4 is 11.8 Å². The lowest BCUT2D eigenvalue weighted by molar-refractivity contribution is -0.391. The van der Waals surface area contributed by atoms with E-state index in [1.807, 2.05) is 4.90 Å². The number of hydrogen-bond donors (Lipinski definition) is 1. The first kappa shape index (κ1) is 10.9. The van der Waals surface area contributed by atoms with E-state index in [9.17, 15) is 10.1 Å². The minimum atomic E-state index is -0.430. The Hall–Kier alpha value is -1.63. The van der Waals surface area contributed by atoms with E-state index in [-0.39, 0.29) is 11.9 Å². The van der Waals surface area contributed by atoms with Gasteiger partial charge in [0.05, 0.1) is 7.05 Å². The molecule has 2 rings (SSSR count). The molecule has 1 atom stereocenters. The molecule has 0 spiro atoms. The Balaban J connectivity index is 2.23. The van der Waals surface area contributed by atoms with Crippen LogP contribution < -0.4 is 10.6 Å². The van der Waals surface area contributed by atoms with Gasteiger partial charge in [0.1, 0.15) is 6.20 Å². The highest BCUT2D eigenvalue weighted by atomic mass is 16.6. The number of nitrogens with zero attached hydrogens (tertiary/aromatic N) is 4. The summed E-state index contributed by atoms with van der Waals surface area (Å²) in [6, 6.07) is 0.129. The van der Waals surface area contributed by atoms with Crippen LogP contribution in [0.4, 0.5) is 11.8 Å². The number of nitro groups is 1. The fraction of sp³-hybridized carbons (Fsp3) is 0.667. The molecule has 7 nitrogen and oxygen atoms in total. The van der Waals surface area contributed by atoms with Crippen LogP contribution in [0.15, 0.2) is 6.20 Å². The average molecular weight is 225 g/mol. The van der Waals surface area contributed by atoms with Gasteiger partial charge in [0.25, 0.3) is 5.95 Å². The lowest BCUT2D eigenvalue weighted by Crippen LogP contribution is -2.43. The number of imidazole rings is 1. The highest BCUT2D eigenvalue weighted by Crippen LogP contribution is 2.22. The van der Waals surface area contributed by atoms with E-state index in [4.69, 9.17) is 5.73 Å². The van der Waals surface area contributed by atoms with Crippen molar-refractivity contribution in [1.82, 2.24) is 9.55 Å². The molecular formula is C9H15N5O2. The summed E-state index contributed by atoms with van der Waals surface area (Å²) in [5, 5.41) is 10.7. The van der Waals surface area contributed by atoms with Crippen LogP contribution in [0, 0.1) is 10.1 Å². The van der Waals surface area contributed by atoms with Crippen LogP contribution in [0.3, 0.4) is 0 Å². The Labute approximate surface area is 93.0 Å². The van der Waals surface area contributed by atoms with E-state index in [0.29, 0.717) is 12.5 Å². The van der Waals surface area contributed by atoms with Crippen LogP contribution in [0.1, 0.15) is 12.8 Å². The first-order valence-electron chi connectivity index (χ1n) is 5.26. The van der Waals surface area contributed by atoms with Gasteiger partial charge in [-0.15, -0.1) is 0 Å². The quantitative estimate of drug-likeness (QED) is 0.575. The van der Waals surface area contributed by atoms with Gasteiger partial charge in [0.15, 0.2) is 0 Å². The standard InChI is InChI=1S/C9H15N5O2/c1-12-8(14(15)16)5-11-9(12)13-4-2-3-7(10)6-13/h5,7H,2-4,6,10H2,1H3. The highest BCUT2D eigenvalue weighted by molar-refractivity contribution is 5.39. The fourth-order valence-electron chi connectivity index (χ4n) is 2.05. The van der Waals surface area contributed by atoms with Gasteiger partial charge in [0.2, 0.25) is 0 Å². The van der Waals surface area contributed by atoms with Gasteiger partial charge in [-0.25, -0.2) is 0 Å². The van der Waals surface area contributed by atoms with Crippen molar-refractivity contribution in [2.45, 2.75) is 18.9 Å². The largest absolute Gasteiger partial charge is 0.358 e. The van der Waals surface area contributed by atoms with Gasteiger partial charge < -0.3 is 20.7 Å². The normalized spacial score (nSPS) is 21.1. The monoisotopic (exact) mass is 225 g/mol. The first-order chi connectivity index (χ1) is 7.59. The summed E-state index contributed by atoms with van der Waals surface area (Å²) in [5.41, 5.74) is 5.87. The highest BCUT2D eigenvalue weighted by Gasteiger charge is 2.25. The van der Waals surface area contributed by atoms with Gasteiger partial charge in [-0.3, -0.25) is 0 Å². The molecular weight excluding hydrogens is 210 g/mol.